The van der Waals surface area contributed by atoms with Crippen molar-refractivity contribution < 1.29 is 10.2 Å². The van der Waals surface area contributed by atoms with E-state index < -0.39 is 12.2 Å². The molecule has 0 aromatic heterocycles. The van der Waals surface area contributed by atoms with Crippen molar-refractivity contribution in [2.75, 3.05) is 6.54 Å². The molecule has 1 aromatic rings. The molecule has 1 aromatic carbocycles. The first kappa shape index (κ1) is 10.7. The Kier molecular flexibility index (Phi) is 3.87. The number of hydrogen-bond donors (Lipinski definition) is 3. The minimum Gasteiger partial charge on any atom is -0.389 e. The Labute approximate surface area is 85.3 Å². The highest BCUT2D eigenvalue weighted by Crippen LogP contribution is 2.24. The maximum atomic E-state index is 9.61. The molecular formula is C9H12BrNO2. The number of rotatable bonds is 3. The second-order valence-corrected chi connectivity index (χ2v) is 3.62. The van der Waals surface area contributed by atoms with Crippen LogP contribution in [0.2, 0.25) is 0 Å². The summed E-state index contributed by atoms with van der Waals surface area (Å²) in [5, 5.41) is 18.9. The van der Waals surface area contributed by atoms with Crippen LogP contribution in [0.15, 0.2) is 28.7 Å². The quantitative estimate of drug-likeness (QED) is 0.739. The molecule has 0 aliphatic heterocycles. The largest absolute Gasteiger partial charge is 0.389 e. The van der Waals surface area contributed by atoms with Gasteiger partial charge in [-0.1, -0.05) is 34.1 Å². The topological polar surface area (TPSA) is 66.5 Å². The first-order chi connectivity index (χ1) is 6.16. The summed E-state index contributed by atoms with van der Waals surface area (Å²) in [6, 6.07) is 7.19. The first-order valence-corrected chi connectivity index (χ1v) is 4.76. The van der Waals surface area contributed by atoms with Gasteiger partial charge in [-0.3, -0.25) is 0 Å². The van der Waals surface area contributed by atoms with Crippen molar-refractivity contribution >= 4 is 15.9 Å². The highest BCUT2D eigenvalue weighted by molar-refractivity contribution is 9.10. The molecule has 2 atom stereocenters. The van der Waals surface area contributed by atoms with Crippen LogP contribution >= 0.6 is 15.9 Å². The van der Waals surface area contributed by atoms with Gasteiger partial charge in [0.15, 0.2) is 0 Å². The predicted octanol–water partition coefficient (Wildman–Crippen LogP) is 0.802. The van der Waals surface area contributed by atoms with E-state index in [0.29, 0.717) is 5.56 Å². The standard InChI is InChI=1S/C9H12BrNO2/c10-7-4-2-1-3-6(7)9(13)8(12)5-11/h1-4,8-9,12-13H,5,11H2. The summed E-state index contributed by atoms with van der Waals surface area (Å²) < 4.78 is 0.773. The molecule has 0 saturated carbocycles. The molecule has 0 saturated heterocycles. The molecule has 0 heterocycles. The third-order valence-corrected chi connectivity index (χ3v) is 2.55. The van der Waals surface area contributed by atoms with Crippen molar-refractivity contribution in [2.24, 2.45) is 5.73 Å². The van der Waals surface area contributed by atoms with Gasteiger partial charge in [0.05, 0.1) is 6.10 Å². The van der Waals surface area contributed by atoms with Gasteiger partial charge in [-0.15, -0.1) is 0 Å². The number of halogens is 1. The molecular weight excluding hydrogens is 234 g/mol. The average Bonchev–Trinajstić information content (AvgIpc) is 2.16. The minimum absolute atomic E-state index is 0.0441. The summed E-state index contributed by atoms with van der Waals surface area (Å²) in [5.41, 5.74) is 5.89. The van der Waals surface area contributed by atoms with Gasteiger partial charge in [0, 0.05) is 11.0 Å². The third-order valence-electron chi connectivity index (χ3n) is 1.83. The van der Waals surface area contributed by atoms with E-state index in [1.165, 1.54) is 0 Å². The number of benzene rings is 1. The van der Waals surface area contributed by atoms with Crippen molar-refractivity contribution in [3.8, 4) is 0 Å². The maximum absolute atomic E-state index is 9.61. The van der Waals surface area contributed by atoms with Gasteiger partial charge in [-0.05, 0) is 11.6 Å². The first-order valence-electron chi connectivity index (χ1n) is 3.97. The zero-order valence-corrected chi connectivity index (χ0v) is 8.61. The zero-order valence-electron chi connectivity index (χ0n) is 7.02. The maximum Gasteiger partial charge on any atom is 0.107 e. The highest BCUT2D eigenvalue weighted by Gasteiger charge is 2.18. The van der Waals surface area contributed by atoms with Gasteiger partial charge in [-0.2, -0.15) is 0 Å². The van der Waals surface area contributed by atoms with Crippen molar-refractivity contribution in [3.63, 3.8) is 0 Å². The lowest BCUT2D eigenvalue weighted by Gasteiger charge is -2.17. The molecule has 1 rings (SSSR count). The van der Waals surface area contributed by atoms with E-state index >= 15 is 0 Å². The van der Waals surface area contributed by atoms with Gasteiger partial charge in [0.25, 0.3) is 0 Å². The highest BCUT2D eigenvalue weighted by atomic mass is 79.9. The second-order valence-electron chi connectivity index (χ2n) is 2.77. The Morgan fingerprint density at radius 2 is 1.92 bits per heavy atom. The lowest BCUT2D eigenvalue weighted by molar-refractivity contribution is 0.0239. The van der Waals surface area contributed by atoms with E-state index in [2.05, 4.69) is 15.9 Å². The van der Waals surface area contributed by atoms with Crippen molar-refractivity contribution in [1.29, 1.82) is 0 Å². The molecule has 3 nitrogen and oxygen atoms in total. The fourth-order valence-corrected chi connectivity index (χ4v) is 1.57. The van der Waals surface area contributed by atoms with Crippen molar-refractivity contribution in [1.82, 2.24) is 0 Å². The Morgan fingerprint density at radius 1 is 1.31 bits per heavy atom. The summed E-state index contributed by atoms with van der Waals surface area (Å²) in [6.07, 6.45) is -1.85. The van der Waals surface area contributed by atoms with E-state index in [9.17, 15) is 10.2 Å². The Bertz CT molecular complexity index is 280. The van der Waals surface area contributed by atoms with Gasteiger partial charge >= 0.3 is 0 Å². The molecule has 0 amide bonds. The molecule has 2 unspecified atom stereocenters. The minimum atomic E-state index is -0.930. The Morgan fingerprint density at radius 3 is 2.46 bits per heavy atom. The van der Waals surface area contributed by atoms with E-state index in [1.54, 1.807) is 12.1 Å². The lowest BCUT2D eigenvalue weighted by atomic mass is 10.0. The van der Waals surface area contributed by atoms with E-state index in [-0.39, 0.29) is 6.54 Å². The SMILES string of the molecule is NCC(O)C(O)c1ccccc1Br. The molecule has 0 aliphatic carbocycles. The van der Waals surface area contributed by atoms with E-state index in [1.807, 2.05) is 12.1 Å². The molecule has 13 heavy (non-hydrogen) atoms. The normalized spacial score (nSPS) is 15.4. The number of nitrogens with two attached hydrogens (primary N) is 1. The van der Waals surface area contributed by atoms with Crippen LogP contribution in [-0.4, -0.2) is 22.9 Å². The van der Waals surface area contributed by atoms with Crippen molar-refractivity contribution in [2.45, 2.75) is 12.2 Å². The number of aliphatic hydroxyl groups is 2. The summed E-state index contributed by atoms with van der Waals surface area (Å²) in [6.45, 7) is 0.0441. The van der Waals surface area contributed by atoms with Crippen LogP contribution in [0, 0.1) is 0 Å². The predicted molar refractivity (Wildman–Crippen MR) is 54.2 cm³/mol. The third kappa shape index (κ3) is 2.51. The van der Waals surface area contributed by atoms with Crippen LogP contribution in [0.25, 0.3) is 0 Å². The number of hydrogen-bond acceptors (Lipinski definition) is 3. The monoisotopic (exact) mass is 245 g/mol. The molecule has 0 fully saturated rings. The van der Waals surface area contributed by atoms with E-state index in [0.717, 1.165) is 4.47 Å². The molecule has 0 radical (unpaired) electrons. The second kappa shape index (κ2) is 4.72. The summed E-state index contributed by atoms with van der Waals surface area (Å²) >= 11 is 3.28. The molecule has 0 bridgehead atoms. The van der Waals surface area contributed by atoms with Crippen LogP contribution < -0.4 is 5.73 Å². The van der Waals surface area contributed by atoms with Crippen LogP contribution in [0.3, 0.4) is 0 Å². The van der Waals surface area contributed by atoms with Gasteiger partial charge in [-0.25, -0.2) is 0 Å². The molecule has 0 aliphatic rings. The van der Waals surface area contributed by atoms with Gasteiger partial charge in [0.2, 0.25) is 0 Å². The molecule has 4 N–H and O–H groups in total. The Hall–Kier alpha value is -0.420. The molecule has 72 valence electrons. The smallest absolute Gasteiger partial charge is 0.107 e. The fourth-order valence-electron chi connectivity index (χ4n) is 1.05. The molecule has 0 spiro atoms. The van der Waals surface area contributed by atoms with E-state index in [4.69, 9.17) is 5.73 Å². The van der Waals surface area contributed by atoms with Gasteiger partial charge < -0.3 is 15.9 Å². The van der Waals surface area contributed by atoms with Gasteiger partial charge in [0.1, 0.15) is 6.10 Å². The zero-order chi connectivity index (χ0) is 9.84. The lowest BCUT2D eigenvalue weighted by Crippen LogP contribution is -2.27. The Balaban J connectivity index is 2.88. The van der Waals surface area contributed by atoms with Crippen LogP contribution in [-0.2, 0) is 0 Å². The summed E-state index contributed by atoms with van der Waals surface area (Å²) in [5.74, 6) is 0. The summed E-state index contributed by atoms with van der Waals surface area (Å²) in [4.78, 5) is 0. The van der Waals surface area contributed by atoms with Crippen LogP contribution in [0.1, 0.15) is 11.7 Å². The molecule has 4 heteroatoms. The summed E-state index contributed by atoms with van der Waals surface area (Å²) in [7, 11) is 0. The van der Waals surface area contributed by atoms with Crippen molar-refractivity contribution in [3.05, 3.63) is 34.3 Å². The van der Waals surface area contributed by atoms with Crippen LogP contribution in [0.5, 0.6) is 0 Å². The fraction of sp³-hybridized carbons (Fsp3) is 0.333. The average molecular weight is 246 g/mol. The number of aliphatic hydroxyl groups excluding tert-OH is 2. The van der Waals surface area contributed by atoms with Crippen LogP contribution in [0.4, 0.5) is 0 Å².